The van der Waals surface area contributed by atoms with Crippen molar-refractivity contribution in [1.29, 1.82) is 0 Å². The lowest BCUT2D eigenvalue weighted by atomic mass is 9.86. The van der Waals surface area contributed by atoms with Crippen molar-refractivity contribution in [2.45, 2.75) is 26.8 Å². The molecule has 0 aliphatic rings. The van der Waals surface area contributed by atoms with Crippen molar-refractivity contribution in [2.75, 3.05) is 6.54 Å². The summed E-state index contributed by atoms with van der Waals surface area (Å²) in [5, 5.41) is 10.7. The Kier molecular flexibility index (Phi) is 3.57. The van der Waals surface area contributed by atoms with Crippen LogP contribution in [0.2, 0.25) is 0 Å². The Morgan fingerprint density at radius 2 is 2.11 bits per heavy atom. The van der Waals surface area contributed by atoms with Crippen LogP contribution in [0.5, 0.6) is 0 Å². The molecule has 5 heteroatoms. The lowest BCUT2D eigenvalue weighted by Crippen LogP contribution is -2.48. The van der Waals surface area contributed by atoms with Crippen molar-refractivity contribution in [3.05, 3.63) is 30.0 Å². The molecule has 0 radical (unpaired) electrons. The zero-order valence-corrected chi connectivity index (χ0v) is 11.5. The van der Waals surface area contributed by atoms with Crippen molar-refractivity contribution in [3.63, 3.8) is 0 Å². The molecule has 102 valence electrons. The highest BCUT2D eigenvalue weighted by Gasteiger charge is 2.26. The summed E-state index contributed by atoms with van der Waals surface area (Å²) < 4.78 is 0. The SMILES string of the molecule is CC(C)(C)C(CN)NC(=O)c1n[nH]c2ccccc12. The number of fused-ring (bicyclic) bond motifs is 1. The Labute approximate surface area is 112 Å². The molecule has 5 nitrogen and oxygen atoms in total. The molecule has 0 aliphatic heterocycles. The zero-order chi connectivity index (χ0) is 14.0. The van der Waals surface area contributed by atoms with E-state index in [0.717, 1.165) is 10.9 Å². The number of carbonyl (C=O) groups is 1. The molecule has 4 N–H and O–H groups in total. The average molecular weight is 260 g/mol. The van der Waals surface area contributed by atoms with Crippen molar-refractivity contribution in [3.8, 4) is 0 Å². The Bertz CT molecular complexity index is 582. The zero-order valence-electron chi connectivity index (χ0n) is 11.5. The number of hydrogen-bond donors (Lipinski definition) is 3. The second kappa shape index (κ2) is 5.01. The predicted molar refractivity (Wildman–Crippen MR) is 75.9 cm³/mol. The molecule has 1 amide bonds. The predicted octanol–water partition coefficient (Wildman–Crippen LogP) is 1.67. The number of aromatic nitrogens is 2. The fraction of sp³-hybridized carbons (Fsp3) is 0.429. The number of rotatable bonds is 3. The summed E-state index contributed by atoms with van der Waals surface area (Å²) in [7, 11) is 0. The molecular weight excluding hydrogens is 240 g/mol. The number of nitrogens with one attached hydrogen (secondary N) is 2. The van der Waals surface area contributed by atoms with Gasteiger partial charge in [0.05, 0.1) is 5.52 Å². The standard InChI is InChI=1S/C14H20N4O/c1-14(2,3)11(8-15)16-13(19)12-9-6-4-5-7-10(9)17-18-12/h4-7,11H,8,15H2,1-3H3,(H,16,19)(H,17,18). The van der Waals surface area contributed by atoms with Gasteiger partial charge in [-0.15, -0.1) is 0 Å². The van der Waals surface area contributed by atoms with Gasteiger partial charge in [0.25, 0.3) is 5.91 Å². The summed E-state index contributed by atoms with van der Waals surface area (Å²) in [6, 6.07) is 7.47. The van der Waals surface area contributed by atoms with E-state index in [-0.39, 0.29) is 17.4 Å². The van der Waals surface area contributed by atoms with Gasteiger partial charge >= 0.3 is 0 Å². The third kappa shape index (κ3) is 2.76. The van der Waals surface area contributed by atoms with Crippen molar-refractivity contribution in [2.24, 2.45) is 11.1 Å². The van der Waals surface area contributed by atoms with Gasteiger partial charge in [0.15, 0.2) is 5.69 Å². The monoisotopic (exact) mass is 260 g/mol. The van der Waals surface area contributed by atoms with Crippen LogP contribution in [-0.2, 0) is 0 Å². The van der Waals surface area contributed by atoms with E-state index in [1.165, 1.54) is 0 Å². The fourth-order valence-electron chi connectivity index (χ4n) is 1.99. The van der Waals surface area contributed by atoms with Crippen LogP contribution in [-0.4, -0.2) is 28.7 Å². The fourth-order valence-corrected chi connectivity index (χ4v) is 1.99. The molecule has 2 rings (SSSR count). The lowest BCUT2D eigenvalue weighted by Gasteiger charge is -2.30. The maximum Gasteiger partial charge on any atom is 0.272 e. The summed E-state index contributed by atoms with van der Waals surface area (Å²) in [5.41, 5.74) is 6.91. The van der Waals surface area contributed by atoms with Gasteiger partial charge in [-0.3, -0.25) is 9.89 Å². The third-order valence-corrected chi connectivity index (χ3v) is 3.27. The molecule has 0 aliphatic carbocycles. The van der Waals surface area contributed by atoms with E-state index in [1.54, 1.807) is 0 Å². The summed E-state index contributed by atoms with van der Waals surface area (Å²) in [4.78, 5) is 12.3. The molecule has 0 bridgehead atoms. The largest absolute Gasteiger partial charge is 0.346 e. The number of hydrogen-bond acceptors (Lipinski definition) is 3. The summed E-state index contributed by atoms with van der Waals surface area (Å²) in [5.74, 6) is -0.192. The summed E-state index contributed by atoms with van der Waals surface area (Å²) in [6.07, 6.45) is 0. The number of aromatic amines is 1. The highest BCUT2D eigenvalue weighted by atomic mass is 16.2. The van der Waals surface area contributed by atoms with E-state index in [4.69, 9.17) is 5.73 Å². The highest BCUT2D eigenvalue weighted by Crippen LogP contribution is 2.20. The van der Waals surface area contributed by atoms with Crippen LogP contribution in [0.3, 0.4) is 0 Å². The highest BCUT2D eigenvalue weighted by molar-refractivity contribution is 6.04. The smallest absolute Gasteiger partial charge is 0.272 e. The Balaban J connectivity index is 2.25. The first-order chi connectivity index (χ1) is 8.93. The topological polar surface area (TPSA) is 83.8 Å². The molecule has 0 fully saturated rings. The van der Waals surface area contributed by atoms with E-state index >= 15 is 0 Å². The first kappa shape index (κ1) is 13.5. The Morgan fingerprint density at radius 3 is 2.74 bits per heavy atom. The van der Waals surface area contributed by atoms with Crippen LogP contribution < -0.4 is 11.1 Å². The maximum atomic E-state index is 12.3. The van der Waals surface area contributed by atoms with Gasteiger partial charge in [0.2, 0.25) is 0 Å². The molecular formula is C14H20N4O. The molecule has 0 saturated carbocycles. The molecule has 1 heterocycles. The molecule has 0 saturated heterocycles. The average Bonchev–Trinajstić information content (AvgIpc) is 2.78. The molecule has 1 aromatic carbocycles. The van der Waals surface area contributed by atoms with Gasteiger partial charge in [-0.25, -0.2) is 0 Å². The lowest BCUT2D eigenvalue weighted by molar-refractivity contribution is 0.0902. The van der Waals surface area contributed by atoms with Crippen LogP contribution in [0.4, 0.5) is 0 Å². The number of benzene rings is 1. The van der Waals surface area contributed by atoms with E-state index < -0.39 is 0 Å². The first-order valence-corrected chi connectivity index (χ1v) is 6.37. The Hall–Kier alpha value is -1.88. The second-order valence-corrected chi connectivity index (χ2v) is 5.75. The van der Waals surface area contributed by atoms with Crippen LogP contribution in [0.25, 0.3) is 10.9 Å². The van der Waals surface area contributed by atoms with Crippen molar-refractivity contribution in [1.82, 2.24) is 15.5 Å². The van der Waals surface area contributed by atoms with Gasteiger partial charge in [-0.1, -0.05) is 39.0 Å². The van der Waals surface area contributed by atoms with E-state index in [1.807, 2.05) is 45.0 Å². The quantitative estimate of drug-likeness (QED) is 0.784. The van der Waals surface area contributed by atoms with E-state index in [2.05, 4.69) is 15.5 Å². The second-order valence-electron chi connectivity index (χ2n) is 5.75. The minimum absolute atomic E-state index is 0.0868. The van der Waals surface area contributed by atoms with E-state index in [0.29, 0.717) is 12.2 Å². The molecule has 0 spiro atoms. The number of carbonyl (C=O) groups excluding carboxylic acids is 1. The van der Waals surface area contributed by atoms with Crippen molar-refractivity contribution < 1.29 is 4.79 Å². The number of H-pyrrole nitrogens is 1. The molecule has 1 aromatic heterocycles. The number of nitrogens with zero attached hydrogens (tertiary/aromatic N) is 1. The van der Waals surface area contributed by atoms with Gasteiger partial charge in [0, 0.05) is 18.0 Å². The number of nitrogens with two attached hydrogens (primary N) is 1. The molecule has 1 atom stereocenters. The first-order valence-electron chi connectivity index (χ1n) is 6.37. The normalized spacial score (nSPS) is 13.5. The van der Waals surface area contributed by atoms with Gasteiger partial charge in [0.1, 0.15) is 0 Å². The summed E-state index contributed by atoms with van der Waals surface area (Å²) >= 11 is 0. The number of amides is 1. The maximum absolute atomic E-state index is 12.3. The van der Waals surface area contributed by atoms with Gasteiger partial charge < -0.3 is 11.1 Å². The molecule has 19 heavy (non-hydrogen) atoms. The third-order valence-electron chi connectivity index (χ3n) is 3.27. The molecule has 2 aromatic rings. The van der Waals surface area contributed by atoms with Gasteiger partial charge in [-0.2, -0.15) is 5.10 Å². The van der Waals surface area contributed by atoms with Crippen LogP contribution in [0, 0.1) is 5.41 Å². The summed E-state index contributed by atoms with van der Waals surface area (Å²) in [6.45, 7) is 6.55. The van der Waals surface area contributed by atoms with Gasteiger partial charge in [-0.05, 0) is 11.5 Å². The van der Waals surface area contributed by atoms with Crippen molar-refractivity contribution >= 4 is 16.8 Å². The number of para-hydroxylation sites is 1. The molecule has 1 unspecified atom stereocenters. The minimum Gasteiger partial charge on any atom is -0.346 e. The van der Waals surface area contributed by atoms with E-state index in [9.17, 15) is 4.79 Å². The Morgan fingerprint density at radius 1 is 1.42 bits per heavy atom. The van der Waals surface area contributed by atoms with Crippen LogP contribution in [0.15, 0.2) is 24.3 Å². The van der Waals surface area contributed by atoms with Crippen LogP contribution in [0.1, 0.15) is 31.3 Å². The van der Waals surface area contributed by atoms with Crippen LogP contribution >= 0.6 is 0 Å². The minimum atomic E-state index is -0.192.